The minimum absolute atomic E-state index is 0. The second-order valence-electron chi connectivity index (χ2n) is 4.15. The standard InChI is InChI=1S/C12H16F3NO3.ClH/c1-2-3-10(18)11(16)8-6-7(4-5-9(8)17)19-12(13,14)15;/h4-6,10-11,17-18H,2-3,16H2,1H3;1H/t10-,11+;/m1./s1. The molecule has 0 aliphatic rings. The van der Waals surface area contributed by atoms with E-state index in [1.165, 1.54) is 0 Å². The van der Waals surface area contributed by atoms with Gasteiger partial charge in [-0.15, -0.1) is 25.6 Å². The zero-order valence-corrected chi connectivity index (χ0v) is 11.5. The van der Waals surface area contributed by atoms with Crippen LogP contribution < -0.4 is 10.5 Å². The maximum Gasteiger partial charge on any atom is 0.573 e. The van der Waals surface area contributed by atoms with E-state index in [9.17, 15) is 23.4 Å². The number of phenolic OH excluding ortho intramolecular Hbond substituents is 1. The Balaban J connectivity index is 0.00000361. The van der Waals surface area contributed by atoms with Gasteiger partial charge in [0.1, 0.15) is 11.5 Å². The van der Waals surface area contributed by atoms with Crippen molar-refractivity contribution in [2.75, 3.05) is 0 Å². The number of alkyl halides is 3. The van der Waals surface area contributed by atoms with E-state index in [1.54, 1.807) is 0 Å². The summed E-state index contributed by atoms with van der Waals surface area (Å²) in [4.78, 5) is 0. The number of benzene rings is 1. The predicted molar refractivity (Wildman–Crippen MR) is 69.9 cm³/mol. The molecule has 20 heavy (non-hydrogen) atoms. The summed E-state index contributed by atoms with van der Waals surface area (Å²) in [6, 6.07) is 2.03. The molecule has 4 nitrogen and oxygen atoms in total. The van der Waals surface area contributed by atoms with E-state index in [2.05, 4.69) is 4.74 Å². The summed E-state index contributed by atoms with van der Waals surface area (Å²) in [7, 11) is 0. The van der Waals surface area contributed by atoms with Gasteiger partial charge in [0.05, 0.1) is 12.1 Å². The van der Waals surface area contributed by atoms with Crippen molar-refractivity contribution in [3.8, 4) is 11.5 Å². The molecule has 0 bridgehead atoms. The number of aromatic hydroxyl groups is 1. The van der Waals surface area contributed by atoms with Gasteiger partial charge in [0.2, 0.25) is 0 Å². The molecule has 0 amide bonds. The summed E-state index contributed by atoms with van der Waals surface area (Å²) in [6.07, 6.45) is -4.73. The maximum absolute atomic E-state index is 12.1. The van der Waals surface area contributed by atoms with Gasteiger partial charge in [-0.25, -0.2) is 0 Å². The number of hydrogen-bond donors (Lipinski definition) is 3. The molecular formula is C12H17ClF3NO3. The van der Waals surface area contributed by atoms with Crippen LogP contribution >= 0.6 is 12.4 Å². The van der Waals surface area contributed by atoms with Crippen molar-refractivity contribution in [2.45, 2.75) is 38.3 Å². The van der Waals surface area contributed by atoms with Crippen molar-refractivity contribution < 1.29 is 28.1 Å². The van der Waals surface area contributed by atoms with E-state index < -0.39 is 24.3 Å². The topological polar surface area (TPSA) is 75.7 Å². The molecule has 0 saturated carbocycles. The quantitative estimate of drug-likeness (QED) is 0.781. The molecule has 0 aliphatic carbocycles. The van der Waals surface area contributed by atoms with Gasteiger partial charge in [-0.1, -0.05) is 13.3 Å². The highest BCUT2D eigenvalue weighted by molar-refractivity contribution is 5.85. The molecule has 0 aromatic heterocycles. The number of aliphatic hydroxyl groups is 1. The lowest BCUT2D eigenvalue weighted by molar-refractivity contribution is -0.274. The minimum atomic E-state index is -4.82. The third kappa shape index (κ3) is 5.44. The summed E-state index contributed by atoms with van der Waals surface area (Å²) < 4.78 is 40.0. The molecule has 0 aliphatic heterocycles. The predicted octanol–water partition coefficient (Wildman–Crippen LogP) is 2.87. The number of phenols is 1. The molecule has 4 N–H and O–H groups in total. The number of halogens is 4. The number of nitrogens with two attached hydrogens (primary N) is 1. The second kappa shape index (κ2) is 7.56. The third-order valence-corrected chi connectivity index (χ3v) is 2.59. The van der Waals surface area contributed by atoms with Gasteiger partial charge >= 0.3 is 6.36 Å². The normalized spacial score (nSPS) is 14.3. The Kier molecular flexibility index (Phi) is 7.12. The van der Waals surface area contributed by atoms with Crippen LogP contribution in [0.4, 0.5) is 13.2 Å². The Bertz CT molecular complexity index is 429. The number of aliphatic hydroxyl groups excluding tert-OH is 1. The van der Waals surface area contributed by atoms with E-state index in [0.29, 0.717) is 12.8 Å². The largest absolute Gasteiger partial charge is 0.573 e. The van der Waals surface area contributed by atoms with Gasteiger partial charge in [0.25, 0.3) is 0 Å². The van der Waals surface area contributed by atoms with Gasteiger partial charge in [-0.3, -0.25) is 0 Å². The number of ether oxygens (including phenoxy) is 1. The van der Waals surface area contributed by atoms with E-state index >= 15 is 0 Å². The molecule has 0 heterocycles. The molecule has 8 heteroatoms. The summed E-state index contributed by atoms with van der Waals surface area (Å²) in [5, 5.41) is 19.3. The SMILES string of the molecule is CCC[C@@H](O)[C@@H](N)c1cc(OC(F)(F)F)ccc1O.Cl. The first-order chi connectivity index (χ1) is 8.74. The van der Waals surface area contributed by atoms with Gasteiger partial charge in [0.15, 0.2) is 0 Å². The van der Waals surface area contributed by atoms with Crippen LogP contribution in [0.5, 0.6) is 11.5 Å². The fraction of sp³-hybridized carbons (Fsp3) is 0.500. The molecule has 0 unspecified atom stereocenters. The van der Waals surface area contributed by atoms with Crippen LogP contribution in [0, 0.1) is 0 Å². The summed E-state index contributed by atoms with van der Waals surface area (Å²) in [5.41, 5.74) is 5.73. The molecule has 0 fully saturated rings. The summed E-state index contributed by atoms with van der Waals surface area (Å²) in [6.45, 7) is 1.83. The molecule has 0 radical (unpaired) electrons. The van der Waals surface area contributed by atoms with Crippen molar-refractivity contribution in [3.05, 3.63) is 23.8 Å². The smallest absolute Gasteiger partial charge is 0.508 e. The summed E-state index contributed by atoms with van der Waals surface area (Å²) in [5.74, 6) is -0.767. The zero-order valence-electron chi connectivity index (χ0n) is 10.7. The fourth-order valence-electron chi connectivity index (χ4n) is 1.68. The third-order valence-electron chi connectivity index (χ3n) is 2.59. The van der Waals surface area contributed by atoms with Gasteiger partial charge in [-0.2, -0.15) is 0 Å². The fourth-order valence-corrected chi connectivity index (χ4v) is 1.68. The highest BCUT2D eigenvalue weighted by atomic mass is 35.5. The lowest BCUT2D eigenvalue weighted by Crippen LogP contribution is -2.26. The molecule has 0 spiro atoms. The zero-order chi connectivity index (χ0) is 14.6. The van der Waals surface area contributed by atoms with Crippen LogP contribution in [-0.4, -0.2) is 22.7 Å². The van der Waals surface area contributed by atoms with Crippen molar-refractivity contribution in [3.63, 3.8) is 0 Å². The molecule has 116 valence electrons. The molecule has 2 atom stereocenters. The Morgan fingerprint density at radius 2 is 1.95 bits per heavy atom. The average Bonchev–Trinajstić information content (AvgIpc) is 2.29. The van der Waals surface area contributed by atoms with Crippen LogP contribution in [0.25, 0.3) is 0 Å². The Hall–Kier alpha value is -1.18. The highest BCUT2D eigenvalue weighted by Crippen LogP contribution is 2.32. The maximum atomic E-state index is 12.1. The van der Waals surface area contributed by atoms with Gasteiger partial charge < -0.3 is 20.7 Å². The monoisotopic (exact) mass is 315 g/mol. The average molecular weight is 316 g/mol. The summed E-state index contributed by atoms with van der Waals surface area (Å²) >= 11 is 0. The second-order valence-corrected chi connectivity index (χ2v) is 4.15. The molecule has 1 rings (SSSR count). The van der Waals surface area contributed by atoms with E-state index in [-0.39, 0.29) is 23.7 Å². The first-order valence-corrected chi connectivity index (χ1v) is 5.77. The van der Waals surface area contributed by atoms with Gasteiger partial charge in [0, 0.05) is 5.56 Å². The Morgan fingerprint density at radius 1 is 1.35 bits per heavy atom. The first-order valence-electron chi connectivity index (χ1n) is 5.77. The van der Waals surface area contributed by atoms with Crippen molar-refractivity contribution in [1.82, 2.24) is 0 Å². The van der Waals surface area contributed by atoms with Crippen LogP contribution in [0.1, 0.15) is 31.4 Å². The lowest BCUT2D eigenvalue weighted by atomic mass is 9.98. The van der Waals surface area contributed by atoms with E-state index in [4.69, 9.17) is 5.73 Å². The van der Waals surface area contributed by atoms with Crippen LogP contribution in [-0.2, 0) is 0 Å². The van der Waals surface area contributed by atoms with Crippen LogP contribution in [0.3, 0.4) is 0 Å². The molecular weight excluding hydrogens is 299 g/mol. The molecule has 1 aromatic carbocycles. The van der Waals surface area contributed by atoms with Crippen molar-refractivity contribution in [1.29, 1.82) is 0 Å². The van der Waals surface area contributed by atoms with E-state index in [0.717, 1.165) is 18.2 Å². The number of hydrogen-bond acceptors (Lipinski definition) is 4. The number of rotatable bonds is 5. The van der Waals surface area contributed by atoms with Crippen molar-refractivity contribution >= 4 is 12.4 Å². The highest BCUT2D eigenvalue weighted by Gasteiger charge is 2.31. The van der Waals surface area contributed by atoms with Crippen LogP contribution in [0.2, 0.25) is 0 Å². The van der Waals surface area contributed by atoms with Gasteiger partial charge in [-0.05, 0) is 24.6 Å². The van der Waals surface area contributed by atoms with E-state index in [1.807, 2.05) is 6.92 Å². The Labute approximate surface area is 120 Å². The molecule has 1 aromatic rings. The van der Waals surface area contributed by atoms with Crippen LogP contribution in [0.15, 0.2) is 18.2 Å². The van der Waals surface area contributed by atoms with Crippen molar-refractivity contribution in [2.24, 2.45) is 5.73 Å². The minimum Gasteiger partial charge on any atom is -0.508 e. The first kappa shape index (κ1) is 18.8. The Morgan fingerprint density at radius 3 is 2.45 bits per heavy atom. The lowest BCUT2D eigenvalue weighted by Gasteiger charge is -2.20. The molecule has 0 saturated heterocycles.